The summed E-state index contributed by atoms with van der Waals surface area (Å²) in [6, 6.07) is 3.93. The van der Waals surface area contributed by atoms with Gasteiger partial charge in [-0.2, -0.15) is 0 Å². The fourth-order valence-corrected chi connectivity index (χ4v) is 2.39. The zero-order valence-corrected chi connectivity index (χ0v) is 14.5. The van der Waals surface area contributed by atoms with Crippen LogP contribution in [0.5, 0.6) is 0 Å². The van der Waals surface area contributed by atoms with E-state index in [0.29, 0.717) is 13.2 Å². The Hall–Kier alpha value is -2.34. The molecule has 0 saturated heterocycles. The van der Waals surface area contributed by atoms with Crippen molar-refractivity contribution in [3.8, 4) is 0 Å². The number of methoxy groups -OCH3 is 1. The van der Waals surface area contributed by atoms with Crippen LogP contribution < -0.4 is 5.32 Å². The standard InChI is InChI=1S/C18H23NO5/c1-11-5-6-15-14(10-23-17(15)12(11)2)9-16(20)24-13(3)18(21)19-7-8-22-4/h5-6,10,13H,7-9H2,1-4H3,(H,19,21)/t13-/m1/s1. The number of nitrogens with one attached hydrogen (secondary N) is 1. The first-order chi connectivity index (χ1) is 11.4. The maximum absolute atomic E-state index is 12.1. The van der Waals surface area contributed by atoms with E-state index in [4.69, 9.17) is 13.9 Å². The van der Waals surface area contributed by atoms with Crippen LogP contribution in [0.4, 0.5) is 0 Å². The van der Waals surface area contributed by atoms with E-state index >= 15 is 0 Å². The molecule has 6 nitrogen and oxygen atoms in total. The van der Waals surface area contributed by atoms with Crippen molar-refractivity contribution in [1.82, 2.24) is 5.32 Å². The first-order valence-electron chi connectivity index (χ1n) is 7.86. The number of esters is 1. The van der Waals surface area contributed by atoms with Crippen molar-refractivity contribution in [1.29, 1.82) is 0 Å². The van der Waals surface area contributed by atoms with Gasteiger partial charge in [0.05, 0.1) is 19.3 Å². The third-order valence-electron chi connectivity index (χ3n) is 3.96. The van der Waals surface area contributed by atoms with Crippen LogP contribution in [0, 0.1) is 13.8 Å². The van der Waals surface area contributed by atoms with Crippen LogP contribution in [0.3, 0.4) is 0 Å². The van der Waals surface area contributed by atoms with Gasteiger partial charge in [0.25, 0.3) is 5.91 Å². The summed E-state index contributed by atoms with van der Waals surface area (Å²) >= 11 is 0. The first-order valence-corrected chi connectivity index (χ1v) is 7.86. The number of rotatable bonds is 7. The highest BCUT2D eigenvalue weighted by atomic mass is 16.5. The third-order valence-corrected chi connectivity index (χ3v) is 3.96. The Morgan fingerprint density at radius 3 is 2.75 bits per heavy atom. The maximum atomic E-state index is 12.1. The lowest BCUT2D eigenvalue weighted by molar-refractivity contribution is -0.154. The SMILES string of the molecule is COCCNC(=O)[C@@H](C)OC(=O)Cc1coc2c(C)c(C)ccc12. The average Bonchev–Trinajstić information content (AvgIpc) is 2.94. The van der Waals surface area contributed by atoms with Gasteiger partial charge in [0, 0.05) is 24.6 Å². The van der Waals surface area contributed by atoms with Gasteiger partial charge in [0.2, 0.25) is 0 Å². The Morgan fingerprint density at radius 1 is 1.29 bits per heavy atom. The molecule has 1 aromatic heterocycles. The quantitative estimate of drug-likeness (QED) is 0.621. The molecule has 0 spiro atoms. The Bertz CT molecular complexity index is 734. The predicted octanol–water partition coefficient (Wildman–Crippen LogP) is 2.29. The number of hydrogen-bond acceptors (Lipinski definition) is 5. The van der Waals surface area contributed by atoms with E-state index in [2.05, 4.69) is 5.32 Å². The number of hydrogen-bond donors (Lipinski definition) is 1. The molecule has 0 aliphatic rings. The molecule has 1 atom stereocenters. The van der Waals surface area contributed by atoms with Crippen molar-refractivity contribution in [3.05, 3.63) is 35.1 Å². The number of ether oxygens (including phenoxy) is 2. The maximum Gasteiger partial charge on any atom is 0.311 e. The second-order valence-corrected chi connectivity index (χ2v) is 5.74. The number of carbonyl (C=O) groups excluding carboxylic acids is 2. The molecule has 2 aromatic rings. The molecule has 6 heteroatoms. The monoisotopic (exact) mass is 333 g/mol. The minimum Gasteiger partial charge on any atom is -0.464 e. The molecule has 0 aliphatic carbocycles. The van der Waals surface area contributed by atoms with E-state index < -0.39 is 12.1 Å². The fraction of sp³-hybridized carbons (Fsp3) is 0.444. The van der Waals surface area contributed by atoms with E-state index in [-0.39, 0.29) is 12.3 Å². The Balaban J connectivity index is 1.97. The van der Waals surface area contributed by atoms with Crippen molar-refractivity contribution in [2.45, 2.75) is 33.3 Å². The van der Waals surface area contributed by atoms with Crippen molar-refractivity contribution in [2.24, 2.45) is 0 Å². The summed E-state index contributed by atoms with van der Waals surface area (Å²) in [5.74, 6) is -0.811. The third kappa shape index (κ3) is 4.14. The molecule has 0 saturated carbocycles. The van der Waals surface area contributed by atoms with Crippen molar-refractivity contribution < 1.29 is 23.5 Å². The molecule has 1 amide bonds. The molecule has 0 fully saturated rings. The van der Waals surface area contributed by atoms with Crippen LogP contribution in [0.25, 0.3) is 11.0 Å². The van der Waals surface area contributed by atoms with Crippen LogP contribution in [0.1, 0.15) is 23.6 Å². The summed E-state index contributed by atoms with van der Waals surface area (Å²) in [7, 11) is 1.55. The number of furan rings is 1. The van der Waals surface area contributed by atoms with Crippen LogP contribution in [0.15, 0.2) is 22.8 Å². The second kappa shape index (κ2) is 7.97. The zero-order chi connectivity index (χ0) is 17.7. The van der Waals surface area contributed by atoms with Crippen molar-refractivity contribution in [3.63, 3.8) is 0 Å². The molecule has 0 radical (unpaired) electrons. The van der Waals surface area contributed by atoms with Gasteiger partial charge in [-0.05, 0) is 31.9 Å². The Labute approximate surface area is 141 Å². The largest absolute Gasteiger partial charge is 0.464 e. The van der Waals surface area contributed by atoms with Gasteiger partial charge in [-0.15, -0.1) is 0 Å². The molecular formula is C18H23NO5. The van der Waals surface area contributed by atoms with Gasteiger partial charge in [-0.3, -0.25) is 9.59 Å². The summed E-state index contributed by atoms with van der Waals surface area (Å²) in [6.07, 6.45) is 0.781. The summed E-state index contributed by atoms with van der Waals surface area (Å²) < 4.78 is 15.6. The van der Waals surface area contributed by atoms with Crippen LogP contribution in [-0.4, -0.2) is 38.2 Å². The lowest BCUT2D eigenvalue weighted by atomic mass is 10.0. The first kappa shape index (κ1) is 18.0. The number of aryl methyl sites for hydroxylation is 2. The van der Waals surface area contributed by atoms with Gasteiger partial charge < -0.3 is 19.2 Å². The lowest BCUT2D eigenvalue weighted by Crippen LogP contribution is -2.37. The molecule has 24 heavy (non-hydrogen) atoms. The molecule has 2 rings (SSSR count). The average molecular weight is 333 g/mol. The molecule has 130 valence electrons. The number of carbonyl (C=O) groups is 2. The van der Waals surface area contributed by atoms with Crippen LogP contribution in [0.2, 0.25) is 0 Å². The normalized spacial score (nSPS) is 12.2. The highest BCUT2D eigenvalue weighted by molar-refractivity contribution is 5.89. The van der Waals surface area contributed by atoms with E-state index in [9.17, 15) is 9.59 Å². The Kier molecular flexibility index (Phi) is 5.98. The smallest absolute Gasteiger partial charge is 0.311 e. The molecule has 0 bridgehead atoms. The Morgan fingerprint density at radius 2 is 2.04 bits per heavy atom. The number of fused-ring (bicyclic) bond motifs is 1. The predicted molar refractivity (Wildman–Crippen MR) is 89.8 cm³/mol. The molecule has 0 unspecified atom stereocenters. The van der Waals surface area contributed by atoms with Gasteiger partial charge in [0.15, 0.2) is 6.10 Å². The summed E-state index contributed by atoms with van der Waals surface area (Å²) in [5, 5.41) is 3.53. The fourth-order valence-electron chi connectivity index (χ4n) is 2.39. The van der Waals surface area contributed by atoms with E-state index in [1.165, 1.54) is 0 Å². The minimum absolute atomic E-state index is 0.0607. The number of amides is 1. The summed E-state index contributed by atoms with van der Waals surface area (Å²) in [4.78, 5) is 23.9. The van der Waals surface area contributed by atoms with Crippen LogP contribution in [-0.2, 0) is 25.5 Å². The zero-order valence-electron chi connectivity index (χ0n) is 14.5. The topological polar surface area (TPSA) is 77.8 Å². The van der Waals surface area contributed by atoms with Gasteiger partial charge in [-0.1, -0.05) is 12.1 Å². The second-order valence-electron chi connectivity index (χ2n) is 5.74. The van der Waals surface area contributed by atoms with Crippen molar-refractivity contribution >= 4 is 22.8 Å². The molecule has 1 N–H and O–H groups in total. The van der Waals surface area contributed by atoms with Gasteiger partial charge in [0.1, 0.15) is 5.58 Å². The van der Waals surface area contributed by atoms with E-state index in [1.807, 2.05) is 26.0 Å². The van der Waals surface area contributed by atoms with Gasteiger partial charge in [-0.25, -0.2) is 0 Å². The van der Waals surface area contributed by atoms with Crippen LogP contribution >= 0.6 is 0 Å². The van der Waals surface area contributed by atoms with E-state index in [1.54, 1.807) is 20.3 Å². The van der Waals surface area contributed by atoms with Crippen molar-refractivity contribution in [2.75, 3.05) is 20.3 Å². The molecular weight excluding hydrogens is 310 g/mol. The summed E-state index contributed by atoms with van der Waals surface area (Å²) in [5.41, 5.74) is 3.72. The molecule has 1 heterocycles. The summed E-state index contributed by atoms with van der Waals surface area (Å²) in [6.45, 7) is 6.32. The molecule has 1 aromatic carbocycles. The highest BCUT2D eigenvalue weighted by Gasteiger charge is 2.19. The number of benzene rings is 1. The highest BCUT2D eigenvalue weighted by Crippen LogP contribution is 2.26. The van der Waals surface area contributed by atoms with Gasteiger partial charge >= 0.3 is 5.97 Å². The molecule has 0 aliphatic heterocycles. The van der Waals surface area contributed by atoms with E-state index in [0.717, 1.165) is 27.7 Å². The lowest BCUT2D eigenvalue weighted by Gasteiger charge is -2.13. The minimum atomic E-state index is -0.850.